The molecule has 0 spiro atoms. The van der Waals surface area contributed by atoms with Gasteiger partial charge >= 0.3 is 6.09 Å². The van der Waals surface area contributed by atoms with E-state index in [0.29, 0.717) is 23.7 Å². The summed E-state index contributed by atoms with van der Waals surface area (Å²) in [7, 11) is 1.37. The second kappa shape index (κ2) is 4.73. The summed E-state index contributed by atoms with van der Waals surface area (Å²) in [5, 5.41) is 0.314. The molecule has 0 aromatic heterocycles. The van der Waals surface area contributed by atoms with Crippen LogP contribution in [0.4, 0.5) is 4.79 Å². The van der Waals surface area contributed by atoms with Gasteiger partial charge < -0.3 is 4.74 Å². The lowest BCUT2D eigenvalue weighted by atomic mass is 9.92. The Morgan fingerprint density at radius 2 is 2.19 bits per heavy atom. The van der Waals surface area contributed by atoms with Gasteiger partial charge in [-0.3, -0.25) is 9.69 Å². The third-order valence-corrected chi connectivity index (χ3v) is 4.31. The monoisotopic (exact) mass is 289 g/mol. The Balaban J connectivity index is 2.19. The Kier molecular flexibility index (Phi) is 3.52. The average Bonchev–Trinajstić information content (AvgIpc) is 2.86. The van der Waals surface area contributed by atoms with E-state index in [1.807, 2.05) is 0 Å². The lowest BCUT2D eigenvalue weighted by Gasteiger charge is -2.24. The van der Waals surface area contributed by atoms with E-state index in [4.69, 9.17) is 4.74 Å². The van der Waals surface area contributed by atoms with Crippen LogP contribution in [0.2, 0.25) is 0 Å². The fraction of sp³-hybridized carbons (Fsp3) is 0.818. The number of fused-ring (bicyclic) bond motifs is 1. The van der Waals surface area contributed by atoms with E-state index in [-0.39, 0.29) is 17.9 Å². The van der Waals surface area contributed by atoms with Crippen molar-refractivity contribution in [3.63, 3.8) is 0 Å². The Hall–Kier alpha value is -0.580. The highest BCUT2D eigenvalue weighted by Crippen LogP contribution is 2.42. The number of nitrogens with zero attached hydrogens (tertiary/aromatic N) is 1. The second-order valence-electron chi connectivity index (χ2n) is 4.52. The largest absolute Gasteiger partial charge is 0.453 e. The number of halogens is 1. The van der Waals surface area contributed by atoms with Crippen LogP contribution < -0.4 is 0 Å². The van der Waals surface area contributed by atoms with Crippen molar-refractivity contribution < 1.29 is 14.3 Å². The van der Waals surface area contributed by atoms with Crippen molar-refractivity contribution in [3.8, 4) is 0 Å². The molecular weight excluding hydrogens is 274 g/mol. The zero-order valence-electron chi connectivity index (χ0n) is 9.32. The summed E-state index contributed by atoms with van der Waals surface area (Å²) >= 11 is 3.19. The normalized spacial score (nSPS) is 32.6. The smallest absolute Gasteiger partial charge is 0.410 e. The summed E-state index contributed by atoms with van der Waals surface area (Å²) in [4.78, 5) is 25.1. The quantitative estimate of drug-likeness (QED) is 0.729. The molecule has 1 aliphatic carbocycles. The Morgan fingerprint density at radius 1 is 1.44 bits per heavy atom. The zero-order valence-corrected chi connectivity index (χ0v) is 10.9. The van der Waals surface area contributed by atoms with E-state index in [0.717, 1.165) is 12.8 Å². The maximum absolute atomic E-state index is 11.9. The van der Waals surface area contributed by atoms with Crippen LogP contribution in [0, 0.1) is 11.8 Å². The molecule has 16 heavy (non-hydrogen) atoms. The third kappa shape index (κ3) is 1.85. The maximum atomic E-state index is 11.9. The van der Waals surface area contributed by atoms with E-state index in [1.54, 1.807) is 4.90 Å². The van der Waals surface area contributed by atoms with Gasteiger partial charge in [-0.1, -0.05) is 22.4 Å². The van der Waals surface area contributed by atoms with Crippen LogP contribution in [0.3, 0.4) is 0 Å². The van der Waals surface area contributed by atoms with E-state index < -0.39 is 0 Å². The molecular formula is C11H16BrNO3. The molecule has 0 N–H and O–H groups in total. The summed E-state index contributed by atoms with van der Waals surface area (Å²) in [6, 6.07) is -0.265. The van der Waals surface area contributed by atoms with Crippen molar-refractivity contribution in [2.24, 2.45) is 11.8 Å². The van der Waals surface area contributed by atoms with E-state index in [9.17, 15) is 9.59 Å². The van der Waals surface area contributed by atoms with Gasteiger partial charge in [0.1, 0.15) is 0 Å². The molecule has 0 aromatic carbocycles. The second-order valence-corrected chi connectivity index (χ2v) is 5.08. The Bertz CT molecular complexity index is 308. The van der Waals surface area contributed by atoms with Gasteiger partial charge in [0.15, 0.2) is 5.78 Å². The molecule has 3 unspecified atom stereocenters. The van der Waals surface area contributed by atoms with E-state index >= 15 is 0 Å². The average molecular weight is 290 g/mol. The molecule has 2 aliphatic rings. The number of ketones is 1. The number of rotatable bonds is 2. The minimum absolute atomic E-state index is 0.0970. The summed E-state index contributed by atoms with van der Waals surface area (Å²) in [5.41, 5.74) is 0. The first-order valence-corrected chi connectivity index (χ1v) is 6.74. The standard InChI is InChI=1S/C11H16BrNO3/c1-16-11(15)13-6-7-3-2-4-8(7)10(13)9(14)5-12/h7-8,10H,2-6H2,1H3. The van der Waals surface area contributed by atoms with Gasteiger partial charge in [-0.25, -0.2) is 4.79 Å². The summed E-state index contributed by atoms with van der Waals surface area (Å²) < 4.78 is 4.74. The molecule has 1 heterocycles. The van der Waals surface area contributed by atoms with Crippen molar-refractivity contribution >= 4 is 27.8 Å². The number of amides is 1. The molecule has 1 amide bonds. The van der Waals surface area contributed by atoms with Gasteiger partial charge in [-0.05, 0) is 24.7 Å². The fourth-order valence-electron chi connectivity index (χ4n) is 3.10. The molecule has 0 radical (unpaired) electrons. The predicted molar refractivity (Wildman–Crippen MR) is 62.5 cm³/mol. The minimum atomic E-state index is -0.367. The molecule has 4 nitrogen and oxygen atoms in total. The first-order valence-electron chi connectivity index (χ1n) is 5.62. The summed E-state index contributed by atoms with van der Waals surface area (Å²) in [5.74, 6) is 0.941. The third-order valence-electron chi connectivity index (χ3n) is 3.76. The van der Waals surface area contributed by atoms with Gasteiger partial charge in [0.25, 0.3) is 0 Å². The highest BCUT2D eigenvalue weighted by molar-refractivity contribution is 9.09. The molecule has 1 aliphatic heterocycles. The summed E-state index contributed by atoms with van der Waals surface area (Å²) in [6.45, 7) is 0.681. The van der Waals surface area contributed by atoms with Crippen molar-refractivity contribution in [1.82, 2.24) is 4.90 Å². The van der Waals surface area contributed by atoms with E-state index in [1.165, 1.54) is 13.5 Å². The number of methoxy groups -OCH3 is 1. The van der Waals surface area contributed by atoms with Crippen LogP contribution in [0.25, 0.3) is 0 Å². The lowest BCUT2D eigenvalue weighted by molar-refractivity contribution is -0.121. The number of hydrogen-bond donors (Lipinski definition) is 0. The number of Topliss-reactive ketones (excluding diaryl/α,β-unsaturated/α-hetero) is 1. The number of carbonyl (C=O) groups is 2. The van der Waals surface area contributed by atoms with Gasteiger partial charge in [0.2, 0.25) is 0 Å². The number of carbonyl (C=O) groups excluding carboxylic acids is 2. The number of hydrogen-bond acceptors (Lipinski definition) is 3. The molecule has 0 bridgehead atoms. The van der Waals surface area contributed by atoms with Crippen LogP contribution in [-0.2, 0) is 9.53 Å². The maximum Gasteiger partial charge on any atom is 0.410 e. The fourth-order valence-corrected chi connectivity index (χ4v) is 3.43. The zero-order chi connectivity index (χ0) is 11.7. The minimum Gasteiger partial charge on any atom is -0.453 e. The number of alkyl halides is 1. The van der Waals surface area contributed by atoms with Gasteiger partial charge in [-0.2, -0.15) is 0 Å². The first-order chi connectivity index (χ1) is 7.69. The van der Waals surface area contributed by atoms with Crippen LogP contribution in [0.15, 0.2) is 0 Å². The van der Waals surface area contributed by atoms with Crippen LogP contribution in [0.5, 0.6) is 0 Å². The number of likely N-dealkylation sites (tertiary alicyclic amines) is 1. The van der Waals surface area contributed by atoms with Gasteiger partial charge in [0.05, 0.1) is 18.5 Å². The molecule has 5 heteroatoms. The van der Waals surface area contributed by atoms with Crippen LogP contribution in [-0.4, -0.2) is 41.8 Å². The van der Waals surface area contributed by atoms with Crippen molar-refractivity contribution in [2.45, 2.75) is 25.3 Å². The van der Waals surface area contributed by atoms with Gasteiger partial charge in [-0.15, -0.1) is 0 Å². The molecule has 3 atom stereocenters. The topological polar surface area (TPSA) is 46.6 Å². The molecule has 2 rings (SSSR count). The van der Waals surface area contributed by atoms with Crippen molar-refractivity contribution in [1.29, 1.82) is 0 Å². The molecule has 2 fully saturated rings. The molecule has 1 saturated carbocycles. The van der Waals surface area contributed by atoms with Crippen LogP contribution in [0.1, 0.15) is 19.3 Å². The highest BCUT2D eigenvalue weighted by atomic mass is 79.9. The van der Waals surface area contributed by atoms with Crippen molar-refractivity contribution in [3.05, 3.63) is 0 Å². The Labute approximate surface area is 103 Å². The SMILES string of the molecule is COC(=O)N1CC2CCCC2C1C(=O)CBr. The molecule has 90 valence electrons. The first kappa shape index (κ1) is 11.9. The lowest BCUT2D eigenvalue weighted by Crippen LogP contribution is -2.43. The molecule has 1 saturated heterocycles. The van der Waals surface area contributed by atoms with Gasteiger partial charge in [0, 0.05) is 6.54 Å². The van der Waals surface area contributed by atoms with Crippen molar-refractivity contribution in [2.75, 3.05) is 19.0 Å². The Morgan fingerprint density at radius 3 is 2.81 bits per heavy atom. The van der Waals surface area contributed by atoms with E-state index in [2.05, 4.69) is 15.9 Å². The number of ether oxygens (including phenoxy) is 1. The predicted octanol–water partition coefficient (Wildman–Crippen LogP) is 1.82. The highest BCUT2D eigenvalue weighted by Gasteiger charge is 2.49. The summed E-state index contributed by atoms with van der Waals surface area (Å²) in [6.07, 6.45) is 3.00. The van der Waals surface area contributed by atoms with Crippen LogP contribution >= 0.6 is 15.9 Å². The molecule has 0 aromatic rings.